The fraction of sp³-hybridized carbons (Fsp3) is 0.545. The number of hydrazine groups is 1. The van der Waals surface area contributed by atoms with Crippen molar-refractivity contribution in [2.75, 3.05) is 13.2 Å². The summed E-state index contributed by atoms with van der Waals surface area (Å²) in [7, 11) is 0. The molecule has 17 heavy (non-hydrogen) atoms. The largest absolute Gasteiger partial charge is 0.466 e. The third-order valence-corrected chi connectivity index (χ3v) is 2.68. The van der Waals surface area contributed by atoms with E-state index in [1.165, 1.54) is 6.26 Å². The summed E-state index contributed by atoms with van der Waals surface area (Å²) in [5.74, 6) is 5.16. The maximum Gasteiger partial charge on any atom is 0.268 e. The molecule has 0 saturated carbocycles. The van der Waals surface area contributed by atoms with Gasteiger partial charge in [-0.1, -0.05) is 0 Å². The molecule has 1 atom stereocenters. The Kier molecular flexibility index (Phi) is 4.13. The summed E-state index contributed by atoms with van der Waals surface area (Å²) in [5, 5.41) is 0. The minimum absolute atomic E-state index is 0.164. The van der Waals surface area contributed by atoms with Crippen LogP contribution in [0.5, 0.6) is 0 Å². The first-order valence-corrected chi connectivity index (χ1v) is 5.58. The Bertz CT molecular complexity index is 371. The average Bonchev–Trinajstić information content (AvgIpc) is 2.99. The van der Waals surface area contributed by atoms with Crippen LogP contribution in [0.15, 0.2) is 16.7 Å². The van der Waals surface area contributed by atoms with E-state index in [-0.39, 0.29) is 18.6 Å². The Morgan fingerprint density at radius 2 is 2.53 bits per heavy atom. The van der Waals surface area contributed by atoms with E-state index < -0.39 is 0 Å². The van der Waals surface area contributed by atoms with Crippen molar-refractivity contribution in [3.63, 3.8) is 0 Å². The lowest BCUT2D eigenvalue weighted by molar-refractivity contribution is 0.00559. The summed E-state index contributed by atoms with van der Waals surface area (Å²) in [6.07, 6.45) is 3.70. The molecular formula is C11H16N2O4. The fourth-order valence-electron chi connectivity index (χ4n) is 1.79. The first-order valence-electron chi connectivity index (χ1n) is 5.58. The normalized spacial score (nSPS) is 19.5. The van der Waals surface area contributed by atoms with Gasteiger partial charge in [-0.15, -0.1) is 0 Å². The Morgan fingerprint density at radius 1 is 1.65 bits per heavy atom. The molecule has 94 valence electrons. The number of furan rings is 1. The van der Waals surface area contributed by atoms with E-state index in [0.717, 1.165) is 19.4 Å². The first kappa shape index (κ1) is 12.1. The zero-order valence-corrected chi connectivity index (χ0v) is 9.48. The molecule has 3 N–H and O–H groups in total. The zero-order valence-electron chi connectivity index (χ0n) is 9.48. The molecule has 2 rings (SSSR count). The van der Waals surface area contributed by atoms with Gasteiger partial charge in [0, 0.05) is 6.61 Å². The smallest absolute Gasteiger partial charge is 0.268 e. The number of nitrogen functional groups attached to an aromatic ring is 1. The molecule has 1 aliphatic rings. The van der Waals surface area contributed by atoms with Gasteiger partial charge >= 0.3 is 0 Å². The maximum atomic E-state index is 11.3. The lowest BCUT2D eigenvalue weighted by Crippen LogP contribution is -2.30. The van der Waals surface area contributed by atoms with Crippen LogP contribution in [-0.2, 0) is 16.1 Å². The van der Waals surface area contributed by atoms with Crippen LogP contribution in [0.1, 0.15) is 29.0 Å². The molecule has 0 radical (unpaired) electrons. The number of amides is 1. The molecule has 2 heterocycles. The molecule has 0 spiro atoms. The number of ether oxygens (including phenoxy) is 2. The third kappa shape index (κ3) is 3.06. The third-order valence-electron chi connectivity index (χ3n) is 2.68. The predicted molar refractivity (Wildman–Crippen MR) is 59.0 cm³/mol. The molecule has 0 aliphatic carbocycles. The molecule has 6 nitrogen and oxygen atoms in total. The standard InChI is InChI=1S/C11H16N2O4/c12-13-11(14)9-3-5-17-10(9)7-15-6-8-2-1-4-16-8/h3,5,8H,1-2,4,6-7,12H2,(H,13,14). The van der Waals surface area contributed by atoms with E-state index >= 15 is 0 Å². The lowest BCUT2D eigenvalue weighted by Gasteiger charge is -2.09. The van der Waals surface area contributed by atoms with Gasteiger partial charge in [0.2, 0.25) is 0 Å². The van der Waals surface area contributed by atoms with Gasteiger partial charge in [0.25, 0.3) is 5.91 Å². The average molecular weight is 240 g/mol. The summed E-state index contributed by atoms with van der Waals surface area (Å²) in [6, 6.07) is 1.56. The van der Waals surface area contributed by atoms with Crippen LogP contribution >= 0.6 is 0 Å². The van der Waals surface area contributed by atoms with Crippen LogP contribution in [0.3, 0.4) is 0 Å². The molecule has 1 unspecified atom stereocenters. The number of nitrogens with one attached hydrogen (secondary N) is 1. The van der Waals surface area contributed by atoms with Crippen LogP contribution in [0, 0.1) is 0 Å². The number of nitrogens with two attached hydrogens (primary N) is 1. The second-order valence-corrected chi connectivity index (χ2v) is 3.88. The Morgan fingerprint density at radius 3 is 3.24 bits per heavy atom. The summed E-state index contributed by atoms with van der Waals surface area (Å²) in [6.45, 7) is 1.57. The van der Waals surface area contributed by atoms with Crippen LogP contribution < -0.4 is 11.3 Å². The van der Waals surface area contributed by atoms with Gasteiger partial charge in [0.05, 0.1) is 24.5 Å². The maximum absolute atomic E-state index is 11.3. The van der Waals surface area contributed by atoms with Crippen molar-refractivity contribution in [1.82, 2.24) is 5.43 Å². The molecule has 1 aliphatic heterocycles. The monoisotopic (exact) mass is 240 g/mol. The molecule has 1 aromatic rings. The second-order valence-electron chi connectivity index (χ2n) is 3.88. The minimum Gasteiger partial charge on any atom is -0.466 e. The Hall–Kier alpha value is -1.37. The Balaban J connectivity index is 1.82. The summed E-state index contributed by atoms with van der Waals surface area (Å²) >= 11 is 0. The highest BCUT2D eigenvalue weighted by molar-refractivity contribution is 5.94. The molecule has 1 aromatic heterocycles. The lowest BCUT2D eigenvalue weighted by atomic mass is 10.2. The van der Waals surface area contributed by atoms with Gasteiger partial charge in [-0.3, -0.25) is 10.2 Å². The molecular weight excluding hydrogens is 224 g/mol. The number of hydrogen-bond acceptors (Lipinski definition) is 5. The van der Waals surface area contributed by atoms with E-state index in [0.29, 0.717) is 17.9 Å². The van der Waals surface area contributed by atoms with Crippen LogP contribution in [0.25, 0.3) is 0 Å². The molecule has 0 bridgehead atoms. The number of hydrogen-bond donors (Lipinski definition) is 2. The summed E-state index contributed by atoms with van der Waals surface area (Å²) < 4.78 is 16.0. The van der Waals surface area contributed by atoms with E-state index in [2.05, 4.69) is 5.43 Å². The molecule has 1 saturated heterocycles. The summed E-state index contributed by atoms with van der Waals surface area (Å²) in [5.41, 5.74) is 2.46. The van der Waals surface area contributed by atoms with Crippen molar-refractivity contribution in [3.8, 4) is 0 Å². The first-order chi connectivity index (χ1) is 8.31. The molecule has 1 fully saturated rings. The SMILES string of the molecule is NNC(=O)c1ccoc1COCC1CCCO1. The second kappa shape index (κ2) is 5.81. The highest BCUT2D eigenvalue weighted by Gasteiger charge is 2.17. The van der Waals surface area contributed by atoms with Gasteiger partial charge in [-0.2, -0.15) is 0 Å². The van der Waals surface area contributed by atoms with Gasteiger partial charge in [0.1, 0.15) is 12.4 Å². The Labute approximate surface area is 99.0 Å². The van der Waals surface area contributed by atoms with E-state index in [9.17, 15) is 4.79 Å². The van der Waals surface area contributed by atoms with Crippen molar-refractivity contribution in [2.24, 2.45) is 5.84 Å². The van der Waals surface area contributed by atoms with Gasteiger partial charge in [-0.05, 0) is 18.9 Å². The molecule has 1 amide bonds. The zero-order chi connectivity index (χ0) is 12.1. The van der Waals surface area contributed by atoms with Crippen molar-refractivity contribution < 1.29 is 18.7 Å². The van der Waals surface area contributed by atoms with Gasteiger partial charge in [0.15, 0.2) is 0 Å². The highest BCUT2D eigenvalue weighted by Crippen LogP contribution is 2.15. The van der Waals surface area contributed by atoms with E-state index in [1.54, 1.807) is 6.07 Å². The van der Waals surface area contributed by atoms with Gasteiger partial charge < -0.3 is 13.9 Å². The quantitative estimate of drug-likeness (QED) is 0.446. The topological polar surface area (TPSA) is 86.7 Å². The number of rotatable bonds is 5. The number of carbonyl (C=O) groups is 1. The van der Waals surface area contributed by atoms with Crippen molar-refractivity contribution in [2.45, 2.75) is 25.6 Å². The van der Waals surface area contributed by atoms with Crippen molar-refractivity contribution in [1.29, 1.82) is 0 Å². The van der Waals surface area contributed by atoms with Crippen LogP contribution in [0.4, 0.5) is 0 Å². The van der Waals surface area contributed by atoms with E-state index in [4.69, 9.17) is 19.7 Å². The van der Waals surface area contributed by atoms with Crippen LogP contribution in [-0.4, -0.2) is 25.2 Å². The number of carbonyl (C=O) groups excluding carboxylic acids is 1. The van der Waals surface area contributed by atoms with E-state index in [1.807, 2.05) is 0 Å². The predicted octanol–water partition coefficient (Wildman–Crippen LogP) is 0.579. The minimum atomic E-state index is -0.380. The summed E-state index contributed by atoms with van der Waals surface area (Å²) in [4.78, 5) is 11.3. The van der Waals surface area contributed by atoms with Crippen molar-refractivity contribution >= 4 is 5.91 Å². The highest BCUT2D eigenvalue weighted by atomic mass is 16.5. The van der Waals surface area contributed by atoms with Gasteiger partial charge in [-0.25, -0.2) is 5.84 Å². The van der Waals surface area contributed by atoms with Crippen LogP contribution in [0.2, 0.25) is 0 Å². The van der Waals surface area contributed by atoms with Crippen molar-refractivity contribution in [3.05, 3.63) is 23.7 Å². The molecule has 0 aromatic carbocycles. The fourth-order valence-corrected chi connectivity index (χ4v) is 1.79. The molecule has 6 heteroatoms.